The van der Waals surface area contributed by atoms with E-state index < -0.39 is 0 Å². The van der Waals surface area contributed by atoms with Gasteiger partial charge in [0.05, 0.1) is 16.1 Å². The van der Waals surface area contributed by atoms with E-state index in [1.54, 1.807) is 12.4 Å². The predicted molar refractivity (Wildman–Crippen MR) is 71.6 cm³/mol. The third kappa shape index (κ3) is 2.80. The van der Waals surface area contributed by atoms with Crippen LogP contribution in [-0.4, -0.2) is 36.1 Å². The molecule has 1 aliphatic rings. The second kappa shape index (κ2) is 5.83. The van der Waals surface area contributed by atoms with Gasteiger partial charge in [0.25, 0.3) is 0 Å². The fourth-order valence-corrected chi connectivity index (χ4v) is 2.70. The van der Waals surface area contributed by atoms with Crippen LogP contribution in [0, 0.1) is 0 Å². The minimum atomic E-state index is 0.0556. The van der Waals surface area contributed by atoms with Gasteiger partial charge in [-0.25, -0.2) is 0 Å². The fourth-order valence-electron chi connectivity index (χ4n) is 2.11. The first-order valence-corrected chi connectivity index (χ1v) is 6.36. The summed E-state index contributed by atoms with van der Waals surface area (Å²) in [5.41, 5.74) is 0.903. The van der Waals surface area contributed by atoms with Crippen molar-refractivity contribution in [1.29, 1.82) is 0 Å². The lowest BCUT2D eigenvalue weighted by Gasteiger charge is -2.34. The van der Waals surface area contributed by atoms with Gasteiger partial charge in [0.2, 0.25) is 0 Å². The fraction of sp³-hybridized carbons (Fsp3) is 0.417. The molecule has 1 fully saturated rings. The quantitative estimate of drug-likeness (QED) is 0.857. The van der Waals surface area contributed by atoms with E-state index >= 15 is 0 Å². The topological polar surface area (TPSA) is 28.2 Å². The van der Waals surface area contributed by atoms with Crippen LogP contribution in [0.25, 0.3) is 0 Å². The van der Waals surface area contributed by atoms with Gasteiger partial charge in [0.1, 0.15) is 0 Å². The molecule has 0 aromatic carbocycles. The predicted octanol–water partition coefficient (Wildman–Crippen LogP) is 2.52. The summed E-state index contributed by atoms with van der Waals surface area (Å²) in [6, 6.07) is 0.0556. The summed E-state index contributed by atoms with van der Waals surface area (Å²) in [7, 11) is 0. The van der Waals surface area contributed by atoms with Gasteiger partial charge in [0, 0.05) is 44.1 Å². The molecule has 0 spiro atoms. The van der Waals surface area contributed by atoms with Crippen molar-refractivity contribution in [1.82, 2.24) is 15.2 Å². The highest BCUT2D eigenvalue weighted by Crippen LogP contribution is 2.33. The Morgan fingerprint density at radius 2 is 1.88 bits per heavy atom. The molecule has 1 atom stereocenters. The second-order valence-corrected chi connectivity index (χ2v) is 4.80. The first kappa shape index (κ1) is 12.8. The molecule has 5 heteroatoms. The standard InChI is InChI=1S/C12H15Cl2N3/c1-2-11(17-5-3-15-4-6-17)12-9(13)7-16-8-10(12)14/h2,7-8,11,15H,1,3-6H2/t11-/m0/s1. The SMILES string of the molecule is C=C[C@@H](c1c(Cl)cncc1Cl)N1CCNCC1. The number of nitrogens with zero attached hydrogens (tertiary/aromatic N) is 2. The highest BCUT2D eigenvalue weighted by molar-refractivity contribution is 6.35. The van der Waals surface area contributed by atoms with Gasteiger partial charge in [-0.3, -0.25) is 9.88 Å². The molecule has 1 N–H and O–H groups in total. The molecule has 17 heavy (non-hydrogen) atoms. The molecule has 0 saturated carbocycles. The van der Waals surface area contributed by atoms with E-state index in [0.29, 0.717) is 10.0 Å². The number of pyridine rings is 1. The smallest absolute Gasteiger partial charge is 0.0655 e. The molecule has 2 heterocycles. The van der Waals surface area contributed by atoms with E-state index in [4.69, 9.17) is 23.2 Å². The third-order valence-electron chi connectivity index (χ3n) is 2.95. The van der Waals surface area contributed by atoms with Crippen LogP contribution in [-0.2, 0) is 0 Å². The van der Waals surface area contributed by atoms with Crippen LogP contribution in [0.3, 0.4) is 0 Å². The van der Waals surface area contributed by atoms with Gasteiger partial charge in [-0.15, -0.1) is 6.58 Å². The Morgan fingerprint density at radius 1 is 1.29 bits per heavy atom. The average Bonchev–Trinajstić information content (AvgIpc) is 2.35. The van der Waals surface area contributed by atoms with E-state index in [9.17, 15) is 0 Å². The molecule has 0 unspecified atom stereocenters. The Morgan fingerprint density at radius 3 is 2.41 bits per heavy atom. The lowest BCUT2D eigenvalue weighted by Crippen LogP contribution is -2.44. The Hall–Kier alpha value is -0.610. The van der Waals surface area contributed by atoms with Gasteiger partial charge >= 0.3 is 0 Å². The molecule has 1 aromatic heterocycles. The van der Waals surface area contributed by atoms with E-state index in [1.807, 2.05) is 6.08 Å². The number of piperazine rings is 1. The van der Waals surface area contributed by atoms with Crippen LogP contribution >= 0.6 is 23.2 Å². The summed E-state index contributed by atoms with van der Waals surface area (Å²) in [4.78, 5) is 6.29. The third-order valence-corrected chi connectivity index (χ3v) is 3.56. The first-order chi connectivity index (χ1) is 8.24. The van der Waals surface area contributed by atoms with Crippen LogP contribution in [0.2, 0.25) is 10.0 Å². The van der Waals surface area contributed by atoms with Crippen LogP contribution in [0.1, 0.15) is 11.6 Å². The molecule has 0 bridgehead atoms. The van der Waals surface area contributed by atoms with Gasteiger partial charge in [-0.1, -0.05) is 29.3 Å². The lowest BCUT2D eigenvalue weighted by molar-refractivity contribution is 0.203. The molecule has 0 radical (unpaired) electrons. The summed E-state index contributed by atoms with van der Waals surface area (Å²) >= 11 is 12.4. The van der Waals surface area contributed by atoms with E-state index in [-0.39, 0.29) is 6.04 Å². The molecule has 1 aromatic rings. The van der Waals surface area contributed by atoms with Crippen molar-refractivity contribution >= 4 is 23.2 Å². The summed E-state index contributed by atoms with van der Waals surface area (Å²) in [6.45, 7) is 7.78. The summed E-state index contributed by atoms with van der Waals surface area (Å²) in [6.07, 6.45) is 5.14. The monoisotopic (exact) mass is 271 g/mol. The maximum Gasteiger partial charge on any atom is 0.0655 e. The number of hydrogen-bond donors (Lipinski definition) is 1. The van der Waals surface area contributed by atoms with Gasteiger partial charge < -0.3 is 5.32 Å². The van der Waals surface area contributed by atoms with Crippen molar-refractivity contribution < 1.29 is 0 Å². The van der Waals surface area contributed by atoms with Crippen molar-refractivity contribution in [2.45, 2.75) is 6.04 Å². The largest absolute Gasteiger partial charge is 0.314 e. The first-order valence-electron chi connectivity index (χ1n) is 5.60. The Bertz CT molecular complexity index is 382. The van der Waals surface area contributed by atoms with Crippen LogP contribution in [0.15, 0.2) is 25.0 Å². The Kier molecular flexibility index (Phi) is 4.40. The molecule has 3 nitrogen and oxygen atoms in total. The van der Waals surface area contributed by atoms with Crippen molar-refractivity contribution in [2.75, 3.05) is 26.2 Å². The molecular formula is C12H15Cl2N3. The van der Waals surface area contributed by atoms with Crippen molar-refractivity contribution in [3.8, 4) is 0 Å². The number of aromatic nitrogens is 1. The molecule has 0 amide bonds. The van der Waals surface area contributed by atoms with Crippen molar-refractivity contribution in [3.05, 3.63) is 40.7 Å². The maximum atomic E-state index is 6.19. The van der Waals surface area contributed by atoms with Crippen LogP contribution in [0.4, 0.5) is 0 Å². The zero-order valence-electron chi connectivity index (χ0n) is 9.50. The molecule has 1 saturated heterocycles. The molecular weight excluding hydrogens is 257 g/mol. The molecule has 1 aliphatic heterocycles. The number of halogens is 2. The van der Waals surface area contributed by atoms with Crippen LogP contribution in [0.5, 0.6) is 0 Å². The lowest BCUT2D eigenvalue weighted by atomic mass is 10.1. The number of nitrogens with one attached hydrogen (secondary N) is 1. The highest BCUT2D eigenvalue weighted by atomic mass is 35.5. The summed E-state index contributed by atoms with van der Waals surface area (Å²) in [5, 5.41) is 4.52. The van der Waals surface area contributed by atoms with E-state index in [0.717, 1.165) is 31.7 Å². The zero-order chi connectivity index (χ0) is 12.3. The average molecular weight is 272 g/mol. The Balaban J connectivity index is 2.31. The van der Waals surface area contributed by atoms with E-state index in [2.05, 4.69) is 21.8 Å². The Labute approximate surface area is 111 Å². The zero-order valence-corrected chi connectivity index (χ0v) is 11.0. The normalized spacial score (nSPS) is 18.9. The molecule has 2 rings (SSSR count). The molecule has 0 aliphatic carbocycles. The van der Waals surface area contributed by atoms with Crippen molar-refractivity contribution in [3.63, 3.8) is 0 Å². The maximum absolute atomic E-state index is 6.19. The summed E-state index contributed by atoms with van der Waals surface area (Å²) < 4.78 is 0. The number of hydrogen-bond acceptors (Lipinski definition) is 3. The van der Waals surface area contributed by atoms with Gasteiger partial charge in [-0.05, 0) is 0 Å². The highest BCUT2D eigenvalue weighted by Gasteiger charge is 2.23. The number of rotatable bonds is 3. The molecule has 92 valence electrons. The van der Waals surface area contributed by atoms with E-state index in [1.165, 1.54) is 0 Å². The van der Waals surface area contributed by atoms with Crippen molar-refractivity contribution in [2.24, 2.45) is 0 Å². The summed E-state index contributed by atoms with van der Waals surface area (Å²) in [5.74, 6) is 0. The minimum Gasteiger partial charge on any atom is -0.314 e. The second-order valence-electron chi connectivity index (χ2n) is 3.98. The van der Waals surface area contributed by atoms with Crippen LogP contribution < -0.4 is 5.32 Å². The van der Waals surface area contributed by atoms with Gasteiger partial charge in [-0.2, -0.15) is 0 Å². The van der Waals surface area contributed by atoms with Gasteiger partial charge in [0.15, 0.2) is 0 Å². The minimum absolute atomic E-state index is 0.0556.